The lowest BCUT2D eigenvalue weighted by Crippen LogP contribution is -1.99. The van der Waals surface area contributed by atoms with Crippen LogP contribution in [0.25, 0.3) is 0 Å². The Morgan fingerprint density at radius 2 is 1.11 bits per heavy atom. The highest BCUT2D eigenvalue weighted by molar-refractivity contribution is 8.93. The highest BCUT2D eigenvalue weighted by Crippen LogP contribution is 2.23. The van der Waals surface area contributed by atoms with Gasteiger partial charge in [-0.1, -0.05) is 76.9 Å². The van der Waals surface area contributed by atoms with Crippen LogP contribution in [-0.2, 0) is 0 Å². The first-order valence-corrected chi connectivity index (χ1v) is 7.96. The molecule has 0 atom stereocenters. The molecule has 0 amide bonds. The van der Waals surface area contributed by atoms with Gasteiger partial charge in [0.15, 0.2) is 0 Å². The van der Waals surface area contributed by atoms with E-state index in [1.54, 1.807) is 0 Å². The largest absolute Gasteiger partial charge is 0.312 e. The minimum atomic E-state index is 0. The fraction of sp³-hybridized carbons (Fsp3) is 0.882. The zero-order valence-corrected chi connectivity index (χ0v) is 15.4. The third kappa shape index (κ3) is 23.7. The van der Waals surface area contributed by atoms with Crippen LogP contribution in [0.4, 0.5) is 0 Å². The van der Waals surface area contributed by atoms with Gasteiger partial charge in [-0.2, -0.15) is 0 Å². The van der Waals surface area contributed by atoms with Gasteiger partial charge in [0.05, 0.1) is 0 Å². The van der Waals surface area contributed by atoms with Crippen LogP contribution in [0.15, 0.2) is 12.2 Å². The van der Waals surface area contributed by atoms with Gasteiger partial charge >= 0.3 is 0 Å². The molecule has 0 spiro atoms. The van der Waals surface area contributed by atoms with E-state index in [1.165, 1.54) is 64.2 Å². The van der Waals surface area contributed by atoms with Crippen molar-refractivity contribution in [3.05, 3.63) is 12.2 Å². The van der Waals surface area contributed by atoms with E-state index in [2.05, 4.69) is 19.1 Å². The molecule has 0 aromatic heterocycles. The molecule has 0 unspecified atom stereocenters. The lowest BCUT2D eigenvalue weighted by molar-refractivity contribution is 0.505. The number of unbranched alkanes of at least 4 members (excludes halogenated alkanes) is 8. The molecular weight excluding hydrogens is 298 g/mol. The van der Waals surface area contributed by atoms with Crippen LogP contribution in [0.5, 0.6) is 0 Å². The second-order valence-corrected chi connectivity index (χ2v) is 6.01. The number of allylic oxidation sites excluding steroid dienone is 2. The first-order chi connectivity index (χ1) is 8.66. The standard InChI is InChI=1S/C14H26.C3H9N.BrH/c1-2-3-4-5-6-7-8-9-10-11-14-12-13-14;1-4(2)3;/h12-14H,2-11H2,1H3;1-3H3;1H. The van der Waals surface area contributed by atoms with Crippen LogP contribution < -0.4 is 0 Å². The van der Waals surface area contributed by atoms with Crippen molar-refractivity contribution in [1.29, 1.82) is 0 Å². The summed E-state index contributed by atoms with van der Waals surface area (Å²) in [5, 5.41) is 0. The second-order valence-electron chi connectivity index (χ2n) is 6.01. The van der Waals surface area contributed by atoms with Crippen LogP contribution in [0, 0.1) is 5.92 Å². The van der Waals surface area contributed by atoms with Crippen molar-refractivity contribution in [2.75, 3.05) is 21.1 Å². The van der Waals surface area contributed by atoms with Crippen molar-refractivity contribution in [2.24, 2.45) is 5.92 Å². The van der Waals surface area contributed by atoms with Crippen molar-refractivity contribution in [3.63, 3.8) is 0 Å². The van der Waals surface area contributed by atoms with Crippen LogP contribution in [0.1, 0.15) is 71.1 Å². The maximum Gasteiger partial charge on any atom is -0.00531 e. The fourth-order valence-corrected chi connectivity index (χ4v) is 1.96. The smallest absolute Gasteiger partial charge is 0.00531 e. The van der Waals surface area contributed by atoms with Crippen LogP contribution >= 0.6 is 17.0 Å². The second kappa shape index (κ2) is 16.2. The summed E-state index contributed by atoms with van der Waals surface area (Å²) in [5.41, 5.74) is 0. The van der Waals surface area contributed by atoms with Crippen molar-refractivity contribution in [1.82, 2.24) is 4.90 Å². The summed E-state index contributed by atoms with van der Waals surface area (Å²) < 4.78 is 0. The Balaban J connectivity index is 0. The lowest BCUT2D eigenvalue weighted by Gasteiger charge is -2.01. The molecule has 1 aliphatic rings. The molecule has 2 heteroatoms. The van der Waals surface area contributed by atoms with Gasteiger partial charge in [-0.3, -0.25) is 0 Å². The van der Waals surface area contributed by atoms with E-state index in [9.17, 15) is 0 Å². The van der Waals surface area contributed by atoms with Crippen LogP contribution in [-0.4, -0.2) is 26.0 Å². The van der Waals surface area contributed by atoms with Crippen molar-refractivity contribution in [2.45, 2.75) is 71.1 Å². The molecule has 1 aliphatic carbocycles. The Hall–Kier alpha value is 0.180. The summed E-state index contributed by atoms with van der Waals surface area (Å²) in [6.07, 6.45) is 19.1. The Morgan fingerprint density at radius 1 is 0.737 bits per heavy atom. The minimum absolute atomic E-state index is 0. The van der Waals surface area contributed by atoms with Crippen molar-refractivity contribution >= 4 is 17.0 Å². The van der Waals surface area contributed by atoms with E-state index < -0.39 is 0 Å². The number of halogens is 1. The third-order valence-corrected chi connectivity index (χ3v) is 3.11. The summed E-state index contributed by atoms with van der Waals surface area (Å²) in [7, 11) is 6.00. The molecule has 1 rings (SSSR count). The molecule has 0 saturated carbocycles. The first kappa shape index (κ1) is 21.5. The quantitative estimate of drug-likeness (QED) is 0.358. The van der Waals surface area contributed by atoms with Crippen molar-refractivity contribution in [3.8, 4) is 0 Å². The Morgan fingerprint density at radius 3 is 1.47 bits per heavy atom. The molecule has 0 saturated heterocycles. The maximum absolute atomic E-state index is 2.32. The molecule has 0 radical (unpaired) electrons. The van der Waals surface area contributed by atoms with Gasteiger partial charge in [0.1, 0.15) is 0 Å². The summed E-state index contributed by atoms with van der Waals surface area (Å²) in [6.45, 7) is 2.28. The highest BCUT2D eigenvalue weighted by Gasteiger charge is 2.08. The molecule has 0 heterocycles. The zero-order chi connectivity index (χ0) is 13.6. The van der Waals surface area contributed by atoms with Gasteiger partial charge in [-0.15, -0.1) is 17.0 Å². The van der Waals surface area contributed by atoms with Gasteiger partial charge in [0.25, 0.3) is 0 Å². The number of nitrogens with zero attached hydrogens (tertiary/aromatic N) is 1. The Labute approximate surface area is 132 Å². The molecule has 19 heavy (non-hydrogen) atoms. The number of rotatable bonds is 10. The van der Waals surface area contributed by atoms with E-state index in [0.717, 1.165) is 5.92 Å². The number of hydrogen-bond acceptors (Lipinski definition) is 1. The van der Waals surface area contributed by atoms with E-state index in [1.807, 2.05) is 26.0 Å². The summed E-state index contributed by atoms with van der Waals surface area (Å²) in [5.74, 6) is 0.902. The monoisotopic (exact) mass is 333 g/mol. The SMILES string of the molecule is Br.CCCCCCCCCCCC1C=C1.CN(C)C. The topological polar surface area (TPSA) is 3.24 Å². The van der Waals surface area contributed by atoms with Crippen LogP contribution in [0.3, 0.4) is 0 Å². The van der Waals surface area contributed by atoms with Gasteiger partial charge in [-0.25, -0.2) is 0 Å². The van der Waals surface area contributed by atoms with E-state index in [0.29, 0.717) is 0 Å². The predicted molar refractivity (Wildman–Crippen MR) is 94.4 cm³/mol. The Bertz CT molecular complexity index is 181. The zero-order valence-electron chi connectivity index (χ0n) is 13.7. The molecule has 0 aromatic rings. The third-order valence-electron chi connectivity index (χ3n) is 3.11. The first-order valence-electron chi connectivity index (χ1n) is 7.96. The number of hydrogen-bond donors (Lipinski definition) is 0. The minimum Gasteiger partial charge on any atom is -0.312 e. The highest BCUT2D eigenvalue weighted by atomic mass is 79.9. The molecule has 0 aromatic carbocycles. The van der Waals surface area contributed by atoms with Gasteiger partial charge < -0.3 is 4.90 Å². The maximum atomic E-state index is 2.32. The molecule has 0 bridgehead atoms. The lowest BCUT2D eigenvalue weighted by atomic mass is 10.1. The molecule has 116 valence electrons. The van der Waals surface area contributed by atoms with E-state index in [4.69, 9.17) is 0 Å². The van der Waals surface area contributed by atoms with Gasteiger partial charge in [0.2, 0.25) is 0 Å². The molecule has 0 fully saturated rings. The summed E-state index contributed by atoms with van der Waals surface area (Å²) >= 11 is 0. The predicted octanol–water partition coefficient (Wildman–Crippen LogP) is 5.85. The normalized spacial score (nSPS) is 12.9. The van der Waals surface area contributed by atoms with Crippen molar-refractivity contribution < 1.29 is 0 Å². The summed E-state index contributed by atoms with van der Waals surface area (Å²) in [6, 6.07) is 0. The molecule has 1 nitrogen and oxygen atoms in total. The van der Waals surface area contributed by atoms with Gasteiger partial charge in [0, 0.05) is 0 Å². The molecule has 0 N–H and O–H groups in total. The fourth-order valence-electron chi connectivity index (χ4n) is 1.96. The average molecular weight is 334 g/mol. The summed E-state index contributed by atoms with van der Waals surface area (Å²) in [4.78, 5) is 2.00. The van der Waals surface area contributed by atoms with Crippen LogP contribution in [0.2, 0.25) is 0 Å². The average Bonchev–Trinajstić information content (AvgIpc) is 3.10. The molecule has 0 aliphatic heterocycles. The Kier molecular flexibility index (Phi) is 18.4. The van der Waals surface area contributed by atoms with E-state index >= 15 is 0 Å². The van der Waals surface area contributed by atoms with E-state index in [-0.39, 0.29) is 17.0 Å². The van der Waals surface area contributed by atoms with Gasteiger partial charge in [-0.05, 0) is 33.5 Å². The molecular formula is C17H36BrN.